The molecule has 1 aromatic heterocycles. The predicted molar refractivity (Wildman–Crippen MR) is 104 cm³/mol. The van der Waals surface area contributed by atoms with E-state index in [2.05, 4.69) is 31.5 Å². The molecule has 0 saturated carbocycles. The van der Waals surface area contributed by atoms with Crippen LogP contribution in [0.4, 0.5) is 11.4 Å². The molecular weight excluding hydrogens is 382 g/mol. The first kappa shape index (κ1) is 17.2. The number of hydrogen-bond donors (Lipinski definition) is 2. The van der Waals surface area contributed by atoms with Gasteiger partial charge in [0.15, 0.2) is 0 Å². The molecule has 3 aromatic rings. The molecule has 0 spiro atoms. The van der Waals surface area contributed by atoms with Crippen LogP contribution >= 0.6 is 15.9 Å². The Labute approximate surface area is 154 Å². The summed E-state index contributed by atoms with van der Waals surface area (Å²) in [6, 6.07) is 15.3. The molecule has 3 rings (SSSR count). The van der Waals surface area contributed by atoms with Crippen molar-refractivity contribution in [2.24, 2.45) is 0 Å². The highest BCUT2D eigenvalue weighted by Gasteiger charge is 2.03. The Hall–Kier alpha value is -2.60. The van der Waals surface area contributed by atoms with Crippen LogP contribution in [0, 0.1) is 0 Å². The number of pyridine rings is 1. The molecule has 1 amide bonds. The Bertz CT molecular complexity index is 899. The maximum atomic E-state index is 11.1. The van der Waals surface area contributed by atoms with Crippen LogP contribution in [0.5, 0.6) is 5.75 Å². The van der Waals surface area contributed by atoms with Gasteiger partial charge >= 0.3 is 0 Å². The van der Waals surface area contributed by atoms with E-state index in [1.54, 1.807) is 12.3 Å². The summed E-state index contributed by atoms with van der Waals surface area (Å²) in [7, 11) is 0. The van der Waals surface area contributed by atoms with Crippen LogP contribution in [0.15, 0.2) is 59.2 Å². The molecule has 0 fully saturated rings. The summed E-state index contributed by atoms with van der Waals surface area (Å²) in [6.07, 6.45) is 1.79. The van der Waals surface area contributed by atoms with Gasteiger partial charge in [-0.05, 0) is 36.4 Å². The maximum Gasteiger partial charge on any atom is 0.221 e. The SMILES string of the molecule is CC(=O)Nc1cccc(OCCNc2ccnc3cc(Br)ccc23)c1. The second-order valence-corrected chi connectivity index (χ2v) is 6.42. The first-order valence-electron chi connectivity index (χ1n) is 7.90. The fourth-order valence-corrected chi connectivity index (χ4v) is 2.85. The molecule has 6 heteroatoms. The third kappa shape index (κ3) is 4.70. The summed E-state index contributed by atoms with van der Waals surface area (Å²) in [5, 5.41) is 7.18. The van der Waals surface area contributed by atoms with Crippen LogP contribution in [-0.4, -0.2) is 24.0 Å². The lowest BCUT2D eigenvalue weighted by atomic mass is 10.2. The number of aromatic nitrogens is 1. The zero-order chi connectivity index (χ0) is 17.6. The molecule has 0 bridgehead atoms. The Balaban J connectivity index is 1.58. The number of fused-ring (bicyclic) bond motifs is 1. The molecule has 2 N–H and O–H groups in total. The van der Waals surface area contributed by atoms with Gasteiger partial charge in [-0.25, -0.2) is 0 Å². The minimum absolute atomic E-state index is 0.102. The molecule has 0 aliphatic carbocycles. The number of benzene rings is 2. The van der Waals surface area contributed by atoms with Crippen molar-refractivity contribution in [2.75, 3.05) is 23.8 Å². The number of rotatable bonds is 6. The lowest BCUT2D eigenvalue weighted by Gasteiger charge is -2.11. The molecule has 0 atom stereocenters. The zero-order valence-corrected chi connectivity index (χ0v) is 15.3. The minimum Gasteiger partial charge on any atom is -0.492 e. The van der Waals surface area contributed by atoms with E-state index in [1.807, 2.05) is 42.5 Å². The zero-order valence-electron chi connectivity index (χ0n) is 13.8. The van der Waals surface area contributed by atoms with Crippen LogP contribution in [0.3, 0.4) is 0 Å². The topological polar surface area (TPSA) is 63.2 Å². The Morgan fingerprint density at radius 3 is 2.92 bits per heavy atom. The molecule has 1 heterocycles. The summed E-state index contributed by atoms with van der Waals surface area (Å²) in [4.78, 5) is 15.5. The van der Waals surface area contributed by atoms with E-state index in [4.69, 9.17) is 4.74 Å². The minimum atomic E-state index is -0.102. The van der Waals surface area contributed by atoms with Crippen molar-refractivity contribution in [3.05, 3.63) is 59.2 Å². The van der Waals surface area contributed by atoms with E-state index >= 15 is 0 Å². The molecule has 0 radical (unpaired) electrons. The predicted octanol–water partition coefficient (Wildman–Crippen LogP) is 4.45. The fraction of sp³-hybridized carbons (Fsp3) is 0.158. The van der Waals surface area contributed by atoms with Crippen molar-refractivity contribution >= 4 is 44.1 Å². The average molecular weight is 400 g/mol. The summed E-state index contributed by atoms with van der Waals surface area (Å²) >= 11 is 3.46. The number of nitrogens with zero attached hydrogens (tertiary/aromatic N) is 1. The van der Waals surface area contributed by atoms with Gasteiger partial charge in [0.1, 0.15) is 12.4 Å². The molecule has 0 saturated heterocycles. The van der Waals surface area contributed by atoms with Crippen LogP contribution in [0.2, 0.25) is 0 Å². The van der Waals surface area contributed by atoms with Crippen molar-refractivity contribution in [1.29, 1.82) is 0 Å². The average Bonchev–Trinajstić information content (AvgIpc) is 2.58. The second-order valence-electron chi connectivity index (χ2n) is 5.50. The van der Waals surface area contributed by atoms with E-state index in [0.29, 0.717) is 13.2 Å². The van der Waals surface area contributed by atoms with Crippen LogP contribution in [0.1, 0.15) is 6.92 Å². The van der Waals surface area contributed by atoms with Crippen LogP contribution in [-0.2, 0) is 4.79 Å². The summed E-state index contributed by atoms with van der Waals surface area (Å²) in [5.41, 5.74) is 2.68. The molecule has 0 aliphatic rings. The fourth-order valence-electron chi connectivity index (χ4n) is 2.50. The molecule has 5 nitrogen and oxygen atoms in total. The lowest BCUT2D eigenvalue weighted by Crippen LogP contribution is -2.12. The second kappa shape index (κ2) is 7.98. The number of anilines is 2. The van der Waals surface area contributed by atoms with Crippen molar-refractivity contribution in [2.45, 2.75) is 6.92 Å². The monoisotopic (exact) mass is 399 g/mol. The van der Waals surface area contributed by atoms with Gasteiger partial charge in [0, 0.05) is 47.0 Å². The first-order chi connectivity index (χ1) is 12.1. The third-order valence-corrected chi connectivity index (χ3v) is 4.04. The Kier molecular flexibility index (Phi) is 5.50. The van der Waals surface area contributed by atoms with Gasteiger partial charge in [-0.2, -0.15) is 0 Å². The number of ether oxygens (including phenoxy) is 1. The van der Waals surface area contributed by atoms with E-state index < -0.39 is 0 Å². The number of carbonyl (C=O) groups excluding carboxylic acids is 1. The van der Waals surface area contributed by atoms with Crippen LogP contribution < -0.4 is 15.4 Å². The standard InChI is InChI=1S/C19H18BrN3O2/c1-13(24)23-15-3-2-4-16(12-15)25-10-9-22-18-7-8-21-19-11-14(20)5-6-17(18)19/h2-8,11-12H,9-10H2,1H3,(H,21,22)(H,23,24). The van der Waals surface area contributed by atoms with E-state index in [9.17, 15) is 4.79 Å². The largest absolute Gasteiger partial charge is 0.492 e. The Morgan fingerprint density at radius 2 is 2.08 bits per heavy atom. The Morgan fingerprint density at radius 1 is 1.20 bits per heavy atom. The van der Waals surface area contributed by atoms with Gasteiger partial charge in [-0.15, -0.1) is 0 Å². The van der Waals surface area contributed by atoms with Gasteiger partial charge in [0.25, 0.3) is 0 Å². The molecule has 128 valence electrons. The number of nitrogens with one attached hydrogen (secondary N) is 2. The van der Waals surface area contributed by atoms with Crippen LogP contribution in [0.25, 0.3) is 10.9 Å². The summed E-state index contributed by atoms with van der Waals surface area (Å²) in [5.74, 6) is 0.617. The van der Waals surface area contributed by atoms with E-state index in [-0.39, 0.29) is 5.91 Å². The van der Waals surface area contributed by atoms with Gasteiger partial charge in [0.05, 0.1) is 5.52 Å². The number of carbonyl (C=O) groups is 1. The molecule has 0 unspecified atom stereocenters. The number of hydrogen-bond acceptors (Lipinski definition) is 4. The number of halogens is 1. The van der Waals surface area contributed by atoms with Gasteiger partial charge in [0.2, 0.25) is 5.91 Å². The molecule has 2 aromatic carbocycles. The third-order valence-electron chi connectivity index (χ3n) is 3.55. The van der Waals surface area contributed by atoms with E-state index in [1.165, 1.54) is 6.92 Å². The highest BCUT2D eigenvalue weighted by molar-refractivity contribution is 9.10. The van der Waals surface area contributed by atoms with Crippen molar-refractivity contribution in [3.63, 3.8) is 0 Å². The van der Waals surface area contributed by atoms with Gasteiger partial charge in [-0.1, -0.05) is 22.0 Å². The quantitative estimate of drug-likeness (QED) is 0.601. The molecule has 25 heavy (non-hydrogen) atoms. The first-order valence-corrected chi connectivity index (χ1v) is 8.70. The van der Waals surface area contributed by atoms with Crippen molar-refractivity contribution in [1.82, 2.24) is 4.98 Å². The molecular formula is C19H18BrN3O2. The molecule has 0 aliphatic heterocycles. The normalized spacial score (nSPS) is 10.5. The highest BCUT2D eigenvalue weighted by Crippen LogP contribution is 2.24. The maximum absolute atomic E-state index is 11.1. The van der Waals surface area contributed by atoms with Gasteiger partial charge in [-0.3, -0.25) is 9.78 Å². The van der Waals surface area contributed by atoms with Gasteiger partial charge < -0.3 is 15.4 Å². The van der Waals surface area contributed by atoms with Crippen molar-refractivity contribution in [3.8, 4) is 5.75 Å². The highest BCUT2D eigenvalue weighted by atomic mass is 79.9. The van der Waals surface area contributed by atoms with Crippen molar-refractivity contribution < 1.29 is 9.53 Å². The summed E-state index contributed by atoms with van der Waals surface area (Å²) < 4.78 is 6.75. The summed E-state index contributed by atoms with van der Waals surface area (Å²) in [6.45, 7) is 2.64. The van der Waals surface area contributed by atoms with E-state index in [0.717, 1.165) is 32.5 Å². The lowest BCUT2D eigenvalue weighted by molar-refractivity contribution is -0.114. The number of amides is 1. The smallest absolute Gasteiger partial charge is 0.221 e.